The number of esters is 1. The lowest BCUT2D eigenvalue weighted by atomic mass is 9.88. The van der Waals surface area contributed by atoms with Crippen LogP contribution in [0.4, 0.5) is 0 Å². The molecule has 0 amide bonds. The maximum Gasteiger partial charge on any atom is 0.311 e. The van der Waals surface area contributed by atoms with Gasteiger partial charge in [0.25, 0.3) is 0 Å². The van der Waals surface area contributed by atoms with Gasteiger partial charge in [-0.05, 0) is 18.8 Å². The predicted molar refractivity (Wildman–Crippen MR) is 65.8 cm³/mol. The van der Waals surface area contributed by atoms with Gasteiger partial charge in [0.2, 0.25) is 0 Å². The summed E-state index contributed by atoms with van der Waals surface area (Å²) in [4.78, 5) is 15.9. The van der Waals surface area contributed by atoms with Crippen molar-refractivity contribution in [2.24, 2.45) is 11.8 Å². The highest BCUT2D eigenvalue weighted by atomic mass is 16.5. The number of methoxy groups -OCH3 is 1. The zero-order chi connectivity index (χ0) is 13.3. The van der Waals surface area contributed by atoms with Crippen LogP contribution < -0.4 is 0 Å². The first-order valence-electron chi connectivity index (χ1n) is 6.33. The average molecular weight is 252 g/mol. The van der Waals surface area contributed by atoms with Crippen LogP contribution in [0.25, 0.3) is 0 Å². The molecule has 2 unspecified atom stereocenters. The Balaban J connectivity index is 2.24. The molecule has 0 aliphatic heterocycles. The standard InChI is InChI=1S/C13H20N2O3/c1-8(2)11(13(17)18-3)12(16)10-6-14-7-15(10)9-4-5-9/h6-9,11-12,16H,4-5H2,1-3H3. The summed E-state index contributed by atoms with van der Waals surface area (Å²) >= 11 is 0. The van der Waals surface area contributed by atoms with Crippen LogP contribution in [0.3, 0.4) is 0 Å². The Labute approximate surface area is 107 Å². The van der Waals surface area contributed by atoms with E-state index in [2.05, 4.69) is 4.98 Å². The van der Waals surface area contributed by atoms with Gasteiger partial charge < -0.3 is 14.4 Å². The Morgan fingerprint density at radius 2 is 2.22 bits per heavy atom. The molecule has 2 rings (SSSR count). The molecule has 0 spiro atoms. The lowest BCUT2D eigenvalue weighted by Gasteiger charge is -2.24. The third-order valence-corrected chi connectivity index (χ3v) is 3.47. The first kappa shape index (κ1) is 13.1. The summed E-state index contributed by atoms with van der Waals surface area (Å²) in [6.45, 7) is 3.81. The minimum absolute atomic E-state index is 0.00926. The SMILES string of the molecule is COC(=O)C(C(C)C)C(O)c1cncn1C1CC1. The first-order chi connectivity index (χ1) is 8.56. The fraction of sp³-hybridized carbons (Fsp3) is 0.692. The first-order valence-corrected chi connectivity index (χ1v) is 6.33. The number of nitrogens with zero attached hydrogens (tertiary/aromatic N) is 2. The van der Waals surface area contributed by atoms with Crippen LogP contribution in [0.15, 0.2) is 12.5 Å². The quantitative estimate of drug-likeness (QED) is 0.810. The van der Waals surface area contributed by atoms with Crippen molar-refractivity contribution in [3.8, 4) is 0 Å². The van der Waals surface area contributed by atoms with Crippen molar-refractivity contribution in [3.63, 3.8) is 0 Å². The van der Waals surface area contributed by atoms with Gasteiger partial charge in [0, 0.05) is 6.04 Å². The molecule has 0 aromatic carbocycles. The molecule has 0 saturated heterocycles. The molecule has 0 radical (unpaired) electrons. The minimum atomic E-state index is -0.861. The molecule has 1 N–H and O–H groups in total. The number of hydrogen-bond acceptors (Lipinski definition) is 4. The van der Waals surface area contributed by atoms with Gasteiger partial charge in [-0.15, -0.1) is 0 Å². The van der Waals surface area contributed by atoms with Crippen molar-refractivity contribution in [1.82, 2.24) is 9.55 Å². The fourth-order valence-electron chi connectivity index (χ4n) is 2.29. The second kappa shape index (κ2) is 5.10. The summed E-state index contributed by atoms with van der Waals surface area (Å²) < 4.78 is 6.76. The molecule has 18 heavy (non-hydrogen) atoms. The van der Waals surface area contributed by atoms with Gasteiger partial charge in [0.15, 0.2) is 0 Å². The largest absolute Gasteiger partial charge is 0.469 e. The molecule has 0 bridgehead atoms. The second-order valence-electron chi connectivity index (χ2n) is 5.19. The topological polar surface area (TPSA) is 64.3 Å². The number of aromatic nitrogens is 2. The molecule has 100 valence electrons. The normalized spacial score (nSPS) is 18.7. The molecule has 1 aliphatic carbocycles. The van der Waals surface area contributed by atoms with Crippen molar-refractivity contribution >= 4 is 5.97 Å². The average Bonchev–Trinajstić information content (AvgIpc) is 3.06. The Kier molecular flexibility index (Phi) is 3.71. The number of carbonyl (C=O) groups is 1. The molecule has 1 aliphatic rings. The smallest absolute Gasteiger partial charge is 0.311 e. The summed E-state index contributed by atoms with van der Waals surface area (Å²) in [5, 5.41) is 10.4. The molecular weight excluding hydrogens is 232 g/mol. The Hall–Kier alpha value is -1.36. The number of aliphatic hydroxyl groups excluding tert-OH is 1. The maximum absolute atomic E-state index is 11.8. The lowest BCUT2D eigenvalue weighted by Crippen LogP contribution is -2.29. The molecule has 2 atom stereocenters. The highest BCUT2D eigenvalue weighted by molar-refractivity contribution is 5.73. The summed E-state index contributed by atoms with van der Waals surface area (Å²) in [5.41, 5.74) is 0.710. The summed E-state index contributed by atoms with van der Waals surface area (Å²) in [5.74, 6) is -0.916. The Morgan fingerprint density at radius 3 is 2.72 bits per heavy atom. The molecule has 5 heteroatoms. The van der Waals surface area contributed by atoms with E-state index in [4.69, 9.17) is 4.74 Å². The van der Waals surface area contributed by atoms with Gasteiger partial charge in [-0.25, -0.2) is 4.98 Å². The van der Waals surface area contributed by atoms with Crippen molar-refractivity contribution in [2.45, 2.75) is 38.8 Å². The molecule has 1 heterocycles. The van der Waals surface area contributed by atoms with E-state index >= 15 is 0 Å². The fourth-order valence-corrected chi connectivity index (χ4v) is 2.29. The summed E-state index contributed by atoms with van der Waals surface area (Å²) in [6, 6.07) is 0.433. The van der Waals surface area contributed by atoms with Crippen LogP contribution in [0.5, 0.6) is 0 Å². The maximum atomic E-state index is 11.8. The van der Waals surface area contributed by atoms with Gasteiger partial charge in [-0.1, -0.05) is 13.8 Å². The molecule has 1 fully saturated rings. The van der Waals surface area contributed by atoms with Crippen molar-refractivity contribution < 1.29 is 14.6 Å². The second-order valence-corrected chi connectivity index (χ2v) is 5.19. The van der Waals surface area contributed by atoms with Crippen LogP contribution in [-0.4, -0.2) is 27.7 Å². The van der Waals surface area contributed by atoms with E-state index in [-0.39, 0.29) is 11.9 Å². The molecular formula is C13H20N2O3. The van der Waals surface area contributed by atoms with Gasteiger partial charge in [0.05, 0.1) is 31.2 Å². The molecule has 1 aromatic heterocycles. The number of carbonyl (C=O) groups excluding carboxylic acids is 1. The summed E-state index contributed by atoms with van der Waals surface area (Å²) in [7, 11) is 1.35. The third kappa shape index (κ3) is 2.41. The molecule has 1 saturated carbocycles. The Bertz CT molecular complexity index is 424. The minimum Gasteiger partial charge on any atom is -0.469 e. The Morgan fingerprint density at radius 1 is 1.56 bits per heavy atom. The van der Waals surface area contributed by atoms with Crippen LogP contribution in [-0.2, 0) is 9.53 Å². The van der Waals surface area contributed by atoms with Gasteiger partial charge in [0.1, 0.15) is 6.10 Å². The zero-order valence-corrected chi connectivity index (χ0v) is 11.0. The van der Waals surface area contributed by atoms with E-state index in [1.807, 2.05) is 18.4 Å². The van der Waals surface area contributed by atoms with Crippen molar-refractivity contribution in [3.05, 3.63) is 18.2 Å². The van der Waals surface area contributed by atoms with E-state index in [0.717, 1.165) is 12.8 Å². The van der Waals surface area contributed by atoms with Crippen molar-refractivity contribution in [2.75, 3.05) is 7.11 Å². The number of ether oxygens (including phenoxy) is 1. The third-order valence-electron chi connectivity index (χ3n) is 3.47. The monoisotopic (exact) mass is 252 g/mol. The van der Waals surface area contributed by atoms with E-state index in [1.54, 1.807) is 12.5 Å². The van der Waals surface area contributed by atoms with Crippen LogP contribution in [0.2, 0.25) is 0 Å². The van der Waals surface area contributed by atoms with E-state index in [1.165, 1.54) is 7.11 Å². The van der Waals surface area contributed by atoms with Gasteiger partial charge in [-0.3, -0.25) is 4.79 Å². The van der Waals surface area contributed by atoms with Crippen LogP contribution in [0.1, 0.15) is 44.5 Å². The molecule has 5 nitrogen and oxygen atoms in total. The highest BCUT2D eigenvalue weighted by Gasteiger charge is 2.36. The van der Waals surface area contributed by atoms with Gasteiger partial charge in [-0.2, -0.15) is 0 Å². The number of imidazole rings is 1. The van der Waals surface area contributed by atoms with Crippen molar-refractivity contribution in [1.29, 1.82) is 0 Å². The predicted octanol–water partition coefficient (Wildman–Crippen LogP) is 1.70. The number of hydrogen-bond donors (Lipinski definition) is 1. The zero-order valence-electron chi connectivity index (χ0n) is 11.0. The van der Waals surface area contributed by atoms with E-state index < -0.39 is 12.0 Å². The van der Waals surface area contributed by atoms with Crippen LogP contribution >= 0.6 is 0 Å². The van der Waals surface area contributed by atoms with E-state index in [9.17, 15) is 9.90 Å². The van der Waals surface area contributed by atoms with Crippen LogP contribution in [0, 0.1) is 11.8 Å². The molecule has 1 aromatic rings. The van der Waals surface area contributed by atoms with E-state index in [0.29, 0.717) is 11.7 Å². The summed E-state index contributed by atoms with van der Waals surface area (Å²) in [6.07, 6.45) is 4.73. The number of aliphatic hydroxyl groups is 1. The number of rotatable bonds is 5. The van der Waals surface area contributed by atoms with Gasteiger partial charge >= 0.3 is 5.97 Å². The lowest BCUT2D eigenvalue weighted by molar-refractivity contribution is -0.152. The highest BCUT2D eigenvalue weighted by Crippen LogP contribution is 2.39.